The van der Waals surface area contributed by atoms with Gasteiger partial charge in [0.1, 0.15) is 0 Å². The first-order valence-corrected chi connectivity index (χ1v) is 0. The molecule has 0 aliphatic heterocycles. The van der Waals surface area contributed by atoms with Gasteiger partial charge in [-0.1, -0.05) is 0 Å². The zero-order chi connectivity index (χ0) is 0. The molecule has 5 nitrogen and oxygen atoms in total. The van der Waals surface area contributed by atoms with Crippen molar-refractivity contribution in [3.63, 3.8) is 0 Å². The van der Waals surface area contributed by atoms with Crippen LogP contribution in [0.2, 0.25) is 0 Å². The zero-order valence-electron chi connectivity index (χ0n) is 4.12. The van der Waals surface area contributed by atoms with Crippen molar-refractivity contribution in [1.29, 1.82) is 0 Å². The SMILES string of the molecule is [Cd+2].[Cd+2].[O-2].[O-2].[O-2].[O-2].[O-2].[Rh+3].[Rh+3]. The second-order valence-corrected chi connectivity index (χ2v) is 0. The van der Waals surface area contributed by atoms with Crippen molar-refractivity contribution < 1.29 is 121 Å². The fourth-order valence-corrected chi connectivity index (χ4v) is 0. The van der Waals surface area contributed by atoms with Crippen LogP contribution in [0, 0.1) is 0 Å². The Hall–Kier alpha value is 2.89. The Morgan fingerprint density at radius 2 is 0.333 bits per heavy atom. The van der Waals surface area contributed by atoms with E-state index in [1.54, 1.807) is 0 Å². The molecule has 52 valence electrons. The minimum absolute atomic E-state index is 0. The van der Waals surface area contributed by atoms with E-state index >= 15 is 0 Å². The molecule has 0 heterocycles. The third kappa shape index (κ3) is 103. The van der Waals surface area contributed by atoms with Crippen LogP contribution in [-0.2, 0) is 121 Å². The van der Waals surface area contributed by atoms with Gasteiger partial charge in [-0.05, 0) is 0 Å². The van der Waals surface area contributed by atoms with Crippen LogP contribution >= 0.6 is 0 Å². The first-order chi connectivity index (χ1) is 0. The molecule has 0 fully saturated rings. The van der Waals surface area contributed by atoms with E-state index in [9.17, 15) is 0 Å². The summed E-state index contributed by atoms with van der Waals surface area (Å²) in [6, 6.07) is 0. The van der Waals surface area contributed by atoms with Gasteiger partial charge in [0.2, 0.25) is 0 Å². The van der Waals surface area contributed by atoms with Gasteiger partial charge in [-0.2, -0.15) is 0 Å². The maximum absolute atomic E-state index is 0. The summed E-state index contributed by atoms with van der Waals surface area (Å²) in [5.74, 6) is 0. The van der Waals surface area contributed by atoms with Gasteiger partial charge < -0.3 is 27.4 Å². The predicted octanol–water partition coefficient (Wildman–Crippen LogP) is -0.604. The van der Waals surface area contributed by atoms with E-state index in [0.717, 1.165) is 0 Å². The van der Waals surface area contributed by atoms with Crippen molar-refractivity contribution >= 4 is 0 Å². The van der Waals surface area contributed by atoms with Crippen molar-refractivity contribution in [3.05, 3.63) is 0 Å². The molecule has 0 amide bonds. The van der Waals surface area contributed by atoms with Crippen molar-refractivity contribution in [2.75, 3.05) is 0 Å². The molecule has 0 aliphatic rings. The molecule has 9 heavy (non-hydrogen) atoms. The molecule has 0 radical (unpaired) electrons. The molecule has 0 rings (SSSR count). The Kier molecular flexibility index (Phi) is 2390. The van der Waals surface area contributed by atoms with Gasteiger partial charge in [-0.3, -0.25) is 0 Å². The molecule has 0 aliphatic carbocycles. The molecular weight excluding hydrogens is 511 g/mol. The van der Waals surface area contributed by atoms with Crippen LogP contribution in [-0.4, -0.2) is 0 Å². The largest absolute Gasteiger partial charge is 3.00 e. The van der Waals surface area contributed by atoms with Crippen LogP contribution in [0.3, 0.4) is 0 Å². The summed E-state index contributed by atoms with van der Waals surface area (Å²) >= 11 is 0. The van der Waals surface area contributed by atoms with E-state index < -0.39 is 0 Å². The summed E-state index contributed by atoms with van der Waals surface area (Å²) in [5, 5.41) is 0. The Morgan fingerprint density at radius 3 is 0.333 bits per heavy atom. The summed E-state index contributed by atoms with van der Waals surface area (Å²) in [4.78, 5) is 0. The molecule has 0 spiro atoms. The summed E-state index contributed by atoms with van der Waals surface area (Å²) in [5.41, 5.74) is 0. The average molecular weight is 511 g/mol. The average Bonchev–Trinajstić information content (AvgIpc) is 0. The molecule has 0 unspecified atom stereocenters. The van der Waals surface area contributed by atoms with Crippen LogP contribution in [0.15, 0.2) is 0 Å². The summed E-state index contributed by atoms with van der Waals surface area (Å²) in [6.07, 6.45) is 0. The third-order valence-electron chi connectivity index (χ3n) is 0. The minimum atomic E-state index is 0. The van der Waals surface area contributed by atoms with Crippen LogP contribution in [0.1, 0.15) is 0 Å². The van der Waals surface area contributed by atoms with E-state index in [2.05, 4.69) is 0 Å². The maximum atomic E-state index is 0. The Labute approximate surface area is 119 Å². The Morgan fingerprint density at radius 1 is 0.333 bits per heavy atom. The quantitative estimate of drug-likeness (QED) is 0.384. The van der Waals surface area contributed by atoms with E-state index in [1.807, 2.05) is 0 Å². The van der Waals surface area contributed by atoms with Gasteiger partial charge in [0.25, 0.3) is 0 Å². The molecule has 0 saturated carbocycles. The van der Waals surface area contributed by atoms with Gasteiger partial charge >= 0.3 is 93.6 Å². The summed E-state index contributed by atoms with van der Waals surface area (Å²) < 4.78 is 0. The van der Waals surface area contributed by atoms with E-state index in [-0.39, 0.29) is 121 Å². The standard InChI is InChI=1S/2Cd.5O.2Rh/q2*+2;5*-2;2*+3. The van der Waals surface area contributed by atoms with Gasteiger partial charge in [0.05, 0.1) is 0 Å². The number of rotatable bonds is 0. The van der Waals surface area contributed by atoms with Crippen LogP contribution in [0.25, 0.3) is 0 Å². The smallest absolute Gasteiger partial charge is 2.00 e. The van der Waals surface area contributed by atoms with E-state index in [1.165, 1.54) is 0 Å². The summed E-state index contributed by atoms with van der Waals surface area (Å²) in [6.45, 7) is 0. The molecule has 0 aromatic carbocycles. The zero-order valence-corrected chi connectivity index (χ0v) is 15.5. The summed E-state index contributed by atoms with van der Waals surface area (Å²) in [7, 11) is 0. The molecule has 9 heteroatoms. The van der Waals surface area contributed by atoms with Crippen molar-refractivity contribution in [3.8, 4) is 0 Å². The van der Waals surface area contributed by atoms with Crippen molar-refractivity contribution in [2.24, 2.45) is 0 Å². The Bertz CT molecular complexity index is 12.9. The fraction of sp³-hybridized carbons (Fsp3) is 0. The third-order valence-corrected chi connectivity index (χ3v) is 0. The Balaban J connectivity index is 0. The fourth-order valence-electron chi connectivity index (χ4n) is 0. The normalized spacial score (nSPS) is 0. The van der Waals surface area contributed by atoms with Crippen LogP contribution < -0.4 is 0 Å². The van der Waals surface area contributed by atoms with Gasteiger partial charge in [0, 0.05) is 0 Å². The molecule has 0 saturated heterocycles. The minimum Gasteiger partial charge on any atom is -2.00 e. The molecule has 0 aromatic rings. The molecule has 0 aromatic heterocycles. The predicted molar refractivity (Wildman–Crippen MR) is 3.43 cm³/mol. The van der Waals surface area contributed by atoms with Gasteiger partial charge in [-0.15, -0.1) is 0 Å². The van der Waals surface area contributed by atoms with Gasteiger partial charge in [-0.25, -0.2) is 0 Å². The van der Waals surface area contributed by atoms with E-state index in [4.69, 9.17) is 0 Å². The molecule has 0 bridgehead atoms. The second kappa shape index (κ2) is 127. The topological polar surface area (TPSA) is 142 Å². The van der Waals surface area contributed by atoms with Gasteiger partial charge in [0.15, 0.2) is 0 Å². The number of hydrogen-bond donors (Lipinski definition) is 0. The van der Waals surface area contributed by atoms with Crippen molar-refractivity contribution in [2.45, 2.75) is 0 Å². The second-order valence-electron chi connectivity index (χ2n) is 0. The maximum Gasteiger partial charge on any atom is 3.00 e. The molecule has 0 N–H and O–H groups in total. The van der Waals surface area contributed by atoms with E-state index in [0.29, 0.717) is 0 Å². The monoisotopic (exact) mass is 514 g/mol. The van der Waals surface area contributed by atoms with Crippen LogP contribution in [0.5, 0.6) is 0 Å². The first-order valence-electron chi connectivity index (χ1n) is 0. The number of hydrogen-bond acceptors (Lipinski definition) is 0. The molecule has 0 atom stereocenters. The first kappa shape index (κ1) is 169. The molecular formula is Cd2O5Rh2. The van der Waals surface area contributed by atoms with Crippen molar-refractivity contribution in [1.82, 2.24) is 0 Å². The van der Waals surface area contributed by atoms with Crippen LogP contribution in [0.4, 0.5) is 0 Å².